The average molecular weight is 1030 g/mol. The summed E-state index contributed by atoms with van der Waals surface area (Å²) in [7, 11) is -21.3. The Bertz CT molecular complexity index is 2070. The molecule has 0 atom stereocenters. The quantitative estimate of drug-likeness (QED) is 0.0736. The molecule has 0 bridgehead atoms. The zero-order valence-corrected chi connectivity index (χ0v) is 37.1. The van der Waals surface area contributed by atoms with Crippen molar-refractivity contribution >= 4 is 21.6 Å². The predicted molar refractivity (Wildman–Crippen MR) is 217 cm³/mol. The van der Waals surface area contributed by atoms with Crippen LogP contribution in [0.25, 0.3) is 0 Å². The molecular weight excluding hydrogens is 994 g/mol. The first-order valence-electron chi connectivity index (χ1n) is 17.9. The van der Waals surface area contributed by atoms with Gasteiger partial charge in [-0.25, -0.2) is 4.79 Å². The summed E-state index contributed by atoms with van der Waals surface area (Å²) >= 11 is 0. The van der Waals surface area contributed by atoms with E-state index in [4.69, 9.17) is 14.2 Å². The molecule has 5 aromatic rings. The fourth-order valence-electron chi connectivity index (χ4n) is 5.45. The molecule has 0 N–H and O–H groups in total. The van der Waals surface area contributed by atoms with Crippen molar-refractivity contribution < 1.29 is 104 Å². The van der Waals surface area contributed by atoms with E-state index >= 15 is 0 Å². The molecule has 0 spiro atoms. The van der Waals surface area contributed by atoms with E-state index in [1.807, 2.05) is 199 Å². The van der Waals surface area contributed by atoms with Gasteiger partial charge in [0.05, 0.1) is 5.56 Å². The van der Waals surface area contributed by atoms with Gasteiger partial charge in [-0.3, -0.25) is 0 Å². The Kier molecular flexibility index (Phi) is 18.3. The minimum atomic E-state index is -10.7. The number of carbonyl (C=O) groups is 1. The van der Waals surface area contributed by atoms with Gasteiger partial charge in [0.15, 0.2) is 5.60 Å². The Labute approximate surface area is 384 Å². The Morgan fingerprint density at radius 2 is 0.656 bits per heavy atom. The molecule has 344 valence electrons. The van der Waals surface area contributed by atoms with Crippen LogP contribution in [0.4, 0.5) is 50.4 Å². The third kappa shape index (κ3) is 22.4. The molecular formula is C44H36F12Fe2O4P2+2. The maximum Gasteiger partial charge on any atom is 2.00 e. The Balaban J connectivity index is 0.000000441. The fourth-order valence-corrected chi connectivity index (χ4v) is 5.45. The topological polar surface area (TPSA) is 44.8 Å². The number of carbonyl (C=O) groups excluding carboxylic acids is 1. The fraction of sp³-hybridized carbons (Fsp3) is 0.0682. The molecule has 10 radical (unpaired) electrons. The van der Waals surface area contributed by atoms with Crippen LogP contribution < -0.4 is 9.47 Å². The summed E-state index contributed by atoms with van der Waals surface area (Å²) in [6.07, 6.45) is 20.0. The van der Waals surface area contributed by atoms with E-state index in [9.17, 15) is 55.2 Å². The van der Waals surface area contributed by atoms with Crippen LogP contribution in [0.5, 0.6) is 23.0 Å². The average Bonchev–Trinajstić information content (AvgIpc) is 3.98. The number of halogens is 12. The standard InChI is InChI=1S/C34H26O4.2C5H5.2F6P.2Fe/c1-23-7-15-27(16-8-23)36-29-19-11-25(12-20-29)34(32-6-4-3-5-31(32)33(35)38-34)26-13-21-30(22-14-26)37-28-17-9-24(2)10-18-28;2*1-2-4-5-3-1;2*1-7(2,3,4,5)6;;/h3-22H,1-2H3;2*1-5H;;;;/q;;;2*-1;2*+2. The van der Waals surface area contributed by atoms with Crippen molar-refractivity contribution in [3.05, 3.63) is 219 Å². The zero-order chi connectivity index (χ0) is 46.0. The molecule has 3 aliphatic rings. The van der Waals surface area contributed by atoms with Gasteiger partial charge in [0.1, 0.15) is 23.0 Å². The normalized spacial score (nSPS) is 16.8. The maximum absolute atomic E-state index is 13.0. The van der Waals surface area contributed by atoms with E-state index in [2.05, 4.69) is 0 Å². The van der Waals surface area contributed by atoms with E-state index in [1.165, 1.54) is 11.1 Å². The summed E-state index contributed by atoms with van der Waals surface area (Å²) in [5.74, 6) is 2.58. The van der Waals surface area contributed by atoms with E-state index in [-0.39, 0.29) is 40.1 Å². The molecule has 2 saturated carbocycles. The number of ether oxygens (including phenoxy) is 3. The second-order valence-corrected chi connectivity index (χ2v) is 17.2. The van der Waals surface area contributed by atoms with Crippen LogP contribution in [-0.4, -0.2) is 5.97 Å². The van der Waals surface area contributed by atoms with Crippen molar-refractivity contribution in [2.45, 2.75) is 19.4 Å². The number of cyclic esters (lactones) is 1. The molecule has 4 nitrogen and oxygen atoms in total. The van der Waals surface area contributed by atoms with Gasteiger partial charge >= 0.3 is 106 Å². The second-order valence-electron chi connectivity index (χ2n) is 13.3. The molecule has 20 heteroatoms. The summed E-state index contributed by atoms with van der Waals surface area (Å²) < 4.78 is 137. The summed E-state index contributed by atoms with van der Waals surface area (Å²) in [5, 5.41) is 0. The third-order valence-corrected chi connectivity index (χ3v) is 7.92. The SMILES string of the molecule is Cc1ccc(Oc2ccc(C3(c4ccc(Oc5ccc(C)cc5)cc4)OC(=O)c4ccccc43)cc2)cc1.F[P-](F)(F)(F)(F)F.F[P-](F)(F)(F)(F)F.[CH]1[CH][CH][CH][CH]1.[CH]1[CH][CH][CH][CH]1.[Fe+2].[Fe+2]. The van der Waals surface area contributed by atoms with E-state index < -0.39 is 21.2 Å². The van der Waals surface area contributed by atoms with Gasteiger partial charge in [-0.1, -0.05) is 77.9 Å². The monoisotopic (exact) mass is 1030 g/mol. The molecule has 0 saturated heterocycles. The van der Waals surface area contributed by atoms with Crippen LogP contribution in [-0.2, 0) is 44.5 Å². The van der Waals surface area contributed by atoms with Crippen molar-refractivity contribution in [1.29, 1.82) is 0 Å². The second kappa shape index (κ2) is 20.8. The van der Waals surface area contributed by atoms with Crippen molar-refractivity contribution in [2.75, 3.05) is 0 Å². The van der Waals surface area contributed by atoms with Crippen molar-refractivity contribution in [3.8, 4) is 23.0 Å². The number of fused-ring (bicyclic) bond motifs is 1. The first kappa shape index (κ1) is 56.4. The van der Waals surface area contributed by atoms with Gasteiger partial charge in [-0.15, -0.1) is 0 Å². The van der Waals surface area contributed by atoms with E-state index in [0.717, 1.165) is 28.2 Å². The molecule has 1 aliphatic heterocycles. The minimum Gasteiger partial charge on any atom is -0.0312 e. The molecule has 2 aliphatic carbocycles. The summed E-state index contributed by atoms with van der Waals surface area (Å²) in [6, 6.07) is 38.8. The van der Waals surface area contributed by atoms with Crippen LogP contribution in [0.3, 0.4) is 0 Å². The van der Waals surface area contributed by atoms with Gasteiger partial charge in [-0.05, 0) is 133 Å². The number of aryl methyl sites for hydroxylation is 2. The van der Waals surface area contributed by atoms with Gasteiger partial charge in [-0.2, -0.15) is 0 Å². The maximum atomic E-state index is 13.0. The van der Waals surface area contributed by atoms with Crippen LogP contribution in [0, 0.1) is 78.1 Å². The van der Waals surface area contributed by atoms with Crippen LogP contribution in [0.2, 0.25) is 0 Å². The van der Waals surface area contributed by atoms with Gasteiger partial charge < -0.3 is 14.2 Å². The van der Waals surface area contributed by atoms with Gasteiger partial charge in [0.25, 0.3) is 0 Å². The van der Waals surface area contributed by atoms with Crippen molar-refractivity contribution in [1.82, 2.24) is 0 Å². The number of rotatable bonds is 6. The molecule has 1 heterocycles. The first-order chi connectivity index (χ1) is 28.4. The van der Waals surface area contributed by atoms with Crippen LogP contribution in [0.15, 0.2) is 121 Å². The molecule has 0 amide bonds. The smallest absolute Gasteiger partial charge is 0.0312 e. The summed E-state index contributed by atoms with van der Waals surface area (Å²) in [6.45, 7) is 4.08. The summed E-state index contributed by atoms with van der Waals surface area (Å²) in [4.78, 5) is 13.0. The molecule has 0 aromatic heterocycles. The molecule has 8 rings (SSSR count). The Morgan fingerprint density at radius 1 is 0.406 bits per heavy atom. The number of esters is 1. The number of hydrogen-bond acceptors (Lipinski definition) is 4. The first-order valence-corrected chi connectivity index (χ1v) is 22.0. The number of hydrogen-bond donors (Lipinski definition) is 0. The van der Waals surface area contributed by atoms with Crippen LogP contribution in [0.1, 0.15) is 38.2 Å². The predicted octanol–water partition coefficient (Wildman–Crippen LogP) is 17.2. The Morgan fingerprint density at radius 3 is 0.938 bits per heavy atom. The number of benzene rings is 5. The zero-order valence-electron chi connectivity index (χ0n) is 33.1. The molecule has 64 heavy (non-hydrogen) atoms. The molecule has 5 aromatic carbocycles. The van der Waals surface area contributed by atoms with E-state index in [1.54, 1.807) is 0 Å². The van der Waals surface area contributed by atoms with Gasteiger partial charge in [0.2, 0.25) is 0 Å². The molecule has 0 unspecified atom stereocenters. The van der Waals surface area contributed by atoms with Crippen molar-refractivity contribution in [3.63, 3.8) is 0 Å². The Hall–Kier alpha value is -3.77. The minimum absolute atomic E-state index is 0. The van der Waals surface area contributed by atoms with E-state index in [0.29, 0.717) is 17.1 Å². The van der Waals surface area contributed by atoms with Crippen molar-refractivity contribution in [2.24, 2.45) is 0 Å². The summed E-state index contributed by atoms with van der Waals surface area (Å²) in [5.41, 5.74) is 4.30. The third-order valence-electron chi connectivity index (χ3n) is 7.92. The van der Waals surface area contributed by atoms with Crippen LogP contribution >= 0.6 is 15.6 Å². The largest absolute Gasteiger partial charge is 2.00 e. The van der Waals surface area contributed by atoms with Gasteiger partial charge in [0, 0.05) is 16.7 Å². The molecule has 2 fully saturated rings.